The van der Waals surface area contributed by atoms with Crippen molar-refractivity contribution in [2.24, 2.45) is 0 Å². The van der Waals surface area contributed by atoms with Gasteiger partial charge in [0, 0.05) is 29.3 Å². The summed E-state index contributed by atoms with van der Waals surface area (Å²) in [7, 11) is -3.81. The Morgan fingerprint density at radius 3 is 1.95 bits per heavy atom. The molecule has 1 aromatic heterocycles. The maximum atomic E-state index is 13.5. The van der Waals surface area contributed by atoms with Crippen LogP contribution in [0.4, 0.5) is 5.13 Å². The maximum Gasteiger partial charge on any atom is 0.257 e. The first-order valence-electron chi connectivity index (χ1n) is 13.4. The molecule has 5 aromatic rings. The number of thiazole rings is 1. The molecule has 1 N–H and O–H groups in total. The van der Waals surface area contributed by atoms with Gasteiger partial charge in [-0.15, -0.1) is 0 Å². The summed E-state index contributed by atoms with van der Waals surface area (Å²) in [5.74, 6) is -0.650. The van der Waals surface area contributed by atoms with Crippen LogP contribution in [0.5, 0.6) is 0 Å². The highest BCUT2D eigenvalue weighted by atomic mass is 32.2. The van der Waals surface area contributed by atoms with Crippen molar-refractivity contribution in [3.05, 3.63) is 137 Å². The van der Waals surface area contributed by atoms with Gasteiger partial charge < -0.3 is 0 Å². The highest BCUT2D eigenvalue weighted by Gasteiger charge is 2.28. The number of nitrogens with zero attached hydrogens (tertiary/aromatic N) is 2. The maximum absolute atomic E-state index is 13.5. The van der Waals surface area contributed by atoms with E-state index in [4.69, 9.17) is 0 Å². The van der Waals surface area contributed by atoms with Gasteiger partial charge in [-0.25, -0.2) is 13.4 Å². The molecule has 9 heteroatoms. The predicted molar refractivity (Wildman–Crippen MR) is 166 cm³/mol. The van der Waals surface area contributed by atoms with Crippen LogP contribution in [0.1, 0.15) is 45.0 Å². The van der Waals surface area contributed by atoms with Gasteiger partial charge in [-0.1, -0.05) is 102 Å². The number of aromatic nitrogens is 1. The summed E-state index contributed by atoms with van der Waals surface area (Å²) in [4.78, 5) is 31.6. The number of ketones is 1. The van der Waals surface area contributed by atoms with Crippen LogP contribution in [0, 0.1) is 0 Å². The van der Waals surface area contributed by atoms with E-state index in [0.29, 0.717) is 16.1 Å². The topological polar surface area (TPSA) is 96.4 Å². The summed E-state index contributed by atoms with van der Waals surface area (Å²) in [6.07, 6.45) is 0. The molecule has 4 aromatic carbocycles. The van der Waals surface area contributed by atoms with Crippen molar-refractivity contribution in [2.75, 3.05) is 5.32 Å². The summed E-state index contributed by atoms with van der Waals surface area (Å²) < 4.78 is 28.4. The molecule has 0 spiro atoms. The van der Waals surface area contributed by atoms with Gasteiger partial charge in [0.2, 0.25) is 15.8 Å². The van der Waals surface area contributed by atoms with Crippen LogP contribution in [0.25, 0.3) is 11.3 Å². The van der Waals surface area contributed by atoms with Crippen LogP contribution in [-0.2, 0) is 16.6 Å². The quantitative estimate of drug-likeness (QED) is 0.177. The Morgan fingerprint density at radius 2 is 1.36 bits per heavy atom. The lowest BCUT2D eigenvalue weighted by Gasteiger charge is -2.26. The second-order valence-electron chi connectivity index (χ2n) is 9.87. The number of anilines is 1. The molecule has 0 atom stereocenters. The highest BCUT2D eigenvalue weighted by Crippen LogP contribution is 2.33. The lowest BCUT2D eigenvalue weighted by molar-refractivity contribution is 0.102. The van der Waals surface area contributed by atoms with Crippen molar-refractivity contribution in [1.29, 1.82) is 0 Å². The fraction of sp³-hybridized carbons (Fsp3) is 0.121. The van der Waals surface area contributed by atoms with Crippen molar-refractivity contribution in [2.45, 2.75) is 31.3 Å². The fourth-order valence-electron chi connectivity index (χ4n) is 4.43. The third-order valence-corrected chi connectivity index (χ3v) is 9.62. The van der Waals surface area contributed by atoms with E-state index in [9.17, 15) is 18.0 Å². The van der Waals surface area contributed by atoms with Crippen LogP contribution in [0.15, 0.2) is 120 Å². The average molecular weight is 596 g/mol. The van der Waals surface area contributed by atoms with Crippen molar-refractivity contribution in [3.63, 3.8) is 0 Å². The van der Waals surface area contributed by atoms with E-state index >= 15 is 0 Å². The monoisotopic (exact) mass is 595 g/mol. The first kappa shape index (κ1) is 29.1. The number of amides is 1. The summed E-state index contributed by atoms with van der Waals surface area (Å²) in [6.45, 7) is 3.90. The smallest absolute Gasteiger partial charge is 0.257 e. The third-order valence-electron chi connectivity index (χ3n) is 6.62. The molecule has 0 fully saturated rings. The molecular weight excluding hydrogens is 567 g/mol. The molecule has 42 heavy (non-hydrogen) atoms. The predicted octanol–water partition coefficient (Wildman–Crippen LogP) is 6.89. The van der Waals surface area contributed by atoms with Crippen molar-refractivity contribution in [1.82, 2.24) is 9.29 Å². The Bertz CT molecular complexity index is 1790. The minimum absolute atomic E-state index is 0.0973. The van der Waals surface area contributed by atoms with Crippen molar-refractivity contribution >= 4 is 38.2 Å². The molecule has 212 valence electrons. The average Bonchev–Trinajstić information content (AvgIpc) is 3.44. The Morgan fingerprint density at radius 1 is 0.786 bits per heavy atom. The zero-order chi connectivity index (χ0) is 29.7. The summed E-state index contributed by atoms with van der Waals surface area (Å²) >= 11 is 1.10. The largest absolute Gasteiger partial charge is 0.298 e. The zero-order valence-electron chi connectivity index (χ0n) is 23.1. The van der Waals surface area contributed by atoms with E-state index in [1.165, 1.54) is 28.6 Å². The molecule has 5 rings (SSSR count). The summed E-state index contributed by atoms with van der Waals surface area (Å²) in [5, 5.41) is 3.05. The van der Waals surface area contributed by atoms with Gasteiger partial charge in [0.15, 0.2) is 5.13 Å². The highest BCUT2D eigenvalue weighted by molar-refractivity contribution is 7.89. The Balaban J connectivity index is 1.38. The molecule has 1 heterocycles. The number of carbonyl (C=O) groups is 2. The summed E-state index contributed by atoms with van der Waals surface area (Å²) in [5.41, 5.74) is 2.91. The number of benzene rings is 4. The van der Waals surface area contributed by atoms with Gasteiger partial charge in [0.1, 0.15) is 4.88 Å². The molecule has 0 unspecified atom stereocenters. The zero-order valence-corrected chi connectivity index (χ0v) is 24.7. The van der Waals surface area contributed by atoms with Gasteiger partial charge >= 0.3 is 0 Å². The molecule has 7 nitrogen and oxygen atoms in total. The minimum atomic E-state index is -3.81. The van der Waals surface area contributed by atoms with Gasteiger partial charge in [0.25, 0.3) is 5.91 Å². The van der Waals surface area contributed by atoms with E-state index in [0.717, 1.165) is 22.5 Å². The molecule has 0 saturated carbocycles. The van der Waals surface area contributed by atoms with E-state index in [-0.39, 0.29) is 34.0 Å². The first-order chi connectivity index (χ1) is 20.2. The Kier molecular flexibility index (Phi) is 8.72. The summed E-state index contributed by atoms with van der Waals surface area (Å²) in [6, 6.07) is 33.2. The van der Waals surface area contributed by atoms with Crippen LogP contribution in [0.3, 0.4) is 0 Å². The SMILES string of the molecule is CC(C)N(Cc1ccccc1)S(=O)(=O)c1ccc(C(=O)Nc2nc(-c3ccccc3)c(C(=O)c3ccccc3)s2)cc1. The molecule has 0 radical (unpaired) electrons. The Hall–Kier alpha value is -4.44. The number of sulfonamides is 1. The Labute approximate surface area is 249 Å². The van der Waals surface area contributed by atoms with E-state index < -0.39 is 15.9 Å². The van der Waals surface area contributed by atoms with Gasteiger partial charge in [-0.05, 0) is 43.7 Å². The lowest BCUT2D eigenvalue weighted by atomic mass is 10.1. The molecule has 1 amide bonds. The van der Waals surface area contributed by atoms with Gasteiger partial charge in [-0.2, -0.15) is 4.31 Å². The number of rotatable bonds is 10. The molecular formula is C33H29N3O4S2. The number of hydrogen-bond acceptors (Lipinski definition) is 6. The standard InChI is InChI=1S/C33H29N3O4S2/c1-23(2)36(22-24-12-6-3-7-13-24)42(39,40)28-20-18-27(19-21-28)32(38)35-33-34-29(25-14-8-4-9-15-25)31(41-33)30(37)26-16-10-5-11-17-26/h3-21,23H,22H2,1-2H3,(H,34,35,38). The van der Waals surface area contributed by atoms with E-state index in [1.807, 2.05) is 80.6 Å². The van der Waals surface area contributed by atoms with Crippen molar-refractivity contribution < 1.29 is 18.0 Å². The lowest BCUT2D eigenvalue weighted by Crippen LogP contribution is -2.36. The van der Waals surface area contributed by atoms with Gasteiger partial charge in [-0.3, -0.25) is 14.9 Å². The van der Waals surface area contributed by atoms with E-state index in [1.54, 1.807) is 24.3 Å². The molecule has 0 aliphatic carbocycles. The number of nitrogens with one attached hydrogen (secondary N) is 1. The third kappa shape index (κ3) is 6.38. The molecule has 0 saturated heterocycles. The number of carbonyl (C=O) groups excluding carboxylic acids is 2. The second kappa shape index (κ2) is 12.6. The van der Waals surface area contributed by atoms with E-state index in [2.05, 4.69) is 10.3 Å². The normalized spacial score (nSPS) is 11.5. The fourth-order valence-corrected chi connectivity index (χ4v) is 7.00. The number of hydrogen-bond donors (Lipinski definition) is 1. The van der Waals surface area contributed by atoms with Crippen LogP contribution in [-0.4, -0.2) is 35.4 Å². The molecule has 0 aliphatic rings. The second-order valence-corrected chi connectivity index (χ2v) is 12.8. The van der Waals surface area contributed by atoms with Crippen LogP contribution in [0.2, 0.25) is 0 Å². The molecule has 0 bridgehead atoms. The van der Waals surface area contributed by atoms with Crippen LogP contribution < -0.4 is 5.32 Å². The van der Waals surface area contributed by atoms with Gasteiger partial charge in [0.05, 0.1) is 10.6 Å². The first-order valence-corrected chi connectivity index (χ1v) is 15.6. The van der Waals surface area contributed by atoms with Crippen molar-refractivity contribution in [3.8, 4) is 11.3 Å². The van der Waals surface area contributed by atoms with Crippen LogP contribution >= 0.6 is 11.3 Å². The molecule has 0 aliphatic heterocycles. The minimum Gasteiger partial charge on any atom is -0.298 e.